The highest BCUT2D eigenvalue weighted by Gasteiger charge is 2.50. The smallest absolute Gasteiger partial charge is 0.250 e. The van der Waals surface area contributed by atoms with Crippen LogP contribution in [0.3, 0.4) is 0 Å². The standard InChI is InChI=1S/C19H18Cl2F2N6/c20-12-3-1-2-11(14(12)21)15-16-17(28-27-15)26-13(8-24-16)29-7-6-18(25-10-29)4-5-19(22,23)9-18/h1-3,8,25H,4-7,9-10H2,(H,26,27,28). The SMILES string of the molecule is FC1(F)CCC2(CCN(c3cnc4c(-c5cccc(Cl)c5Cl)n[nH]c4n3)CN2)C1. The molecule has 1 aliphatic carbocycles. The van der Waals surface area contributed by atoms with Gasteiger partial charge in [-0.15, -0.1) is 0 Å². The van der Waals surface area contributed by atoms with Gasteiger partial charge >= 0.3 is 0 Å². The normalized spacial score (nSPS) is 23.9. The van der Waals surface area contributed by atoms with Gasteiger partial charge in [-0.3, -0.25) is 10.4 Å². The van der Waals surface area contributed by atoms with E-state index < -0.39 is 11.5 Å². The van der Waals surface area contributed by atoms with E-state index >= 15 is 0 Å². The van der Waals surface area contributed by atoms with Crippen LogP contribution in [0.15, 0.2) is 24.4 Å². The van der Waals surface area contributed by atoms with Crippen LogP contribution < -0.4 is 10.2 Å². The second-order valence-corrected chi connectivity index (χ2v) is 8.55. The zero-order valence-electron chi connectivity index (χ0n) is 15.4. The van der Waals surface area contributed by atoms with Crippen LogP contribution in [-0.4, -0.2) is 44.8 Å². The summed E-state index contributed by atoms with van der Waals surface area (Å²) < 4.78 is 27.3. The minimum atomic E-state index is -2.57. The number of nitrogens with zero attached hydrogens (tertiary/aromatic N) is 4. The lowest BCUT2D eigenvalue weighted by Gasteiger charge is -2.40. The van der Waals surface area contributed by atoms with E-state index in [2.05, 4.69) is 25.5 Å². The molecule has 1 saturated heterocycles. The van der Waals surface area contributed by atoms with Gasteiger partial charge in [0, 0.05) is 30.5 Å². The molecule has 6 nitrogen and oxygen atoms in total. The molecule has 3 aromatic rings. The molecule has 0 radical (unpaired) electrons. The minimum Gasteiger partial charge on any atom is -0.342 e. The Hall–Kier alpha value is -2.03. The van der Waals surface area contributed by atoms with E-state index in [9.17, 15) is 8.78 Å². The van der Waals surface area contributed by atoms with Crippen LogP contribution in [0.1, 0.15) is 25.7 Å². The highest BCUT2D eigenvalue weighted by molar-refractivity contribution is 6.43. The number of rotatable bonds is 2. The summed E-state index contributed by atoms with van der Waals surface area (Å²) in [5, 5.41) is 11.4. The van der Waals surface area contributed by atoms with E-state index in [1.54, 1.807) is 18.3 Å². The van der Waals surface area contributed by atoms with Crippen LogP contribution in [0.25, 0.3) is 22.4 Å². The van der Waals surface area contributed by atoms with Gasteiger partial charge in [-0.2, -0.15) is 5.10 Å². The third kappa shape index (κ3) is 3.33. The van der Waals surface area contributed by atoms with Crippen LogP contribution in [0.4, 0.5) is 14.6 Å². The Morgan fingerprint density at radius 1 is 1.14 bits per heavy atom. The summed E-state index contributed by atoms with van der Waals surface area (Å²) in [5.41, 5.74) is 1.91. The fourth-order valence-corrected chi connectivity index (χ4v) is 4.64. The average molecular weight is 439 g/mol. The van der Waals surface area contributed by atoms with Crippen molar-refractivity contribution < 1.29 is 8.78 Å². The number of nitrogens with one attached hydrogen (secondary N) is 2. The van der Waals surface area contributed by atoms with E-state index in [0.29, 0.717) is 64.3 Å². The molecule has 1 aliphatic heterocycles. The Morgan fingerprint density at radius 3 is 2.72 bits per heavy atom. The number of fused-ring (bicyclic) bond motifs is 1. The molecule has 1 spiro atoms. The van der Waals surface area contributed by atoms with Crippen molar-refractivity contribution in [1.82, 2.24) is 25.5 Å². The van der Waals surface area contributed by atoms with Crippen LogP contribution in [0.2, 0.25) is 10.0 Å². The molecule has 2 N–H and O–H groups in total. The Kier molecular flexibility index (Phi) is 4.42. The number of anilines is 1. The van der Waals surface area contributed by atoms with Gasteiger partial charge in [0.1, 0.15) is 11.2 Å². The summed E-state index contributed by atoms with van der Waals surface area (Å²) in [6.45, 7) is 1.10. The molecular weight excluding hydrogens is 421 g/mol. The molecule has 0 amide bonds. The van der Waals surface area contributed by atoms with Crippen LogP contribution >= 0.6 is 23.2 Å². The average Bonchev–Trinajstić information content (AvgIpc) is 3.25. The molecule has 1 aromatic carbocycles. The zero-order valence-corrected chi connectivity index (χ0v) is 16.9. The lowest BCUT2D eigenvalue weighted by atomic mass is 9.91. The topological polar surface area (TPSA) is 69.7 Å². The van der Waals surface area contributed by atoms with Gasteiger partial charge in [0.25, 0.3) is 0 Å². The first-order valence-electron chi connectivity index (χ1n) is 9.39. The zero-order chi connectivity index (χ0) is 20.2. The van der Waals surface area contributed by atoms with Crippen molar-refractivity contribution >= 4 is 40.2 Å². The fourth-order valence-electron chi connectivity index (χ4n) is 4.25. The number of H-pyrrole nitrogens is 1. The maximum Gasteiger partial charge on any atom is 0.250 e. The highest BCUT2D eigenvalue weighted by Crippen LogP contribution is 2.44. The van der Waals surface area contributed by atoms with Gasteiger partial charge < -0.3 is 4.90 Å². The predicted molar refractivity (Wildman–Crippen MR) is 109 cm³/mol. The van der Waals surface area contributed by atoms with E-state index in [1.165, 1.54) is 0 Å². The molecular formula is C19H18Cl2F2N6. The van der Waals surface area contributed by atoms with Gasteiger partial charge in [0.05, 0.1) is 22.9 Å². The van der Waals surface area contributed by atoms with Gasteiger partial charge in [-0.1, -0.05) is 35.3 Å². The first-order valence-corrected chi connectivity index (χ1v) is 10.1. The Morgan fingerprint density at radius 2 is 2.00 bits per heavy atom. The van der Waals surface area contributed by atoms with Gasteiger partial charge in [0.15, 0.2) is 11.5 Å². The largest absolute Gasteiger partial charge is 0.342 e. The van der Waals surface area contributed by atoms with Crippen molar-refractivity contribution in [3.63, 3.8) is 0 Å². The first kappa shape index (κ1) is 19.0. The monoisotopic (exact) mass is 438 g/mol. The number of aromatic amines is 1. The van der Waals surface area contributed by atoms with Gasteiger partial charge in [-0.25, -0.2) is 18.7 Å². The Labute approximate surface area is 175 Å². The third-order valence-corrected chi connectivity index (χ3v) is 6.68. The van der Waals surface area contributed by atoms with Crippen molar-refractivity contribution in [1.29, 1.82) is 0 Å². The number of aromatic nitrogens is 4. The van der Waals surface area contributed by atoms with Crippen molar-refractivity contribution in [3.8, 4) is 11.3 Å². The summed E-state index contributed by atoms with van der Waals surface area (Å²) >= 11 is 12.4. The van der Waals surface area contributed by atoms with Gasteiger partial charge in [0.2, 0.25) is 5.92 Å². The quantitative estimate of drug-likeness (QED) is 0.609. The maximum absolute atomic E-state index is 13.7. The Bertz CT molecular complexity index is 1080. The van der Waals surface area contributed by atoms with Crippen molar-refractivity contribution in [2.45, 2.75) is 37.1 Å². The van der Waals surface area contributed by atoms with Crippen molar-refractivity contribution in [2.24, 2.45) is 0 Å². The summed E-state index contributed by atoms with van der Waals surface area (Å²) in [6, 6.07) is 5.33. The highest BCUT2D eigenvalue weighted by atomic mass is 35.5. The third-order valence-electron chi connectivity index (χ3n) is 5.86. The molecule has 10 heteroatoms. The second kappa shape index (κ2) is 6.75. The van der Waals surface area contributed by atoms with E-state index in [0.717, 1.165) is 0 Å². The molecule has 2 fully saturated rings. The number of halogens is 4. The summed E-state index contributed by atoms with van der Waals surface area (Å²) in [4.78, 5) is 11.2. The number of hydrogen-bond acceptors (Lipinski definition) is 5. The van der Waals surface area contributed by atoms with Crippen molar-refractivity contribution in [3.05, 3.63) is 34.4 Å². The molecule has 152 valence electrons. The molecule has 3 heterocycles. The van der Waals surface area contributed by atoms with E-state index in [1.807, 2.05) is 11.0 Å². The molecule has 29 heavy (non-hydrogen) atoms. The predicted octanol–water partition coefficient (Wildman–Crippen LogP) is 4.64. The molecule has 1 unspecified atom stereocenters. The number of hydrogen-bond donors (Lipinski definition) is 2. The van der Waals surface area contributed by atoms with Crippen LogP contribution in [0, 0.1) is 0 Å². The summed E-state index contributed by atoms with van der Waals surface area (Å²) in [6.07, 6.45) is 2.68. The van der Waals surface area contributed by atoms with Crippen LogP contribution in [0.5, 0.6) is 0 Å². The molecule has 2 aliphatic rings. The summed E-state index contributed by atoms with van der Waals surface area (Å²) in [7, 11) is 0. The fraction of sp³-hybridized carbons (Fsp3) is 0.421. The molecule has 1 saturated carbocycles. The van der Waals surface area contributed by atoms with Crippen molar-refractivity contribution in [2.75, 3.05) is 18.1 Å². The Balaban J connectivity index is 1.39. The second-order valence-electron chi connectivity index (χ2n) is 7.76. The maximum atomic E-state index is 13.7. The molecule has 5 rings (SSSR count). The minimum absolute atomic E-state index is 0.0469. The lowest BCUT2D eigenvalue weighted by molar-refractivity contribution is -0.000583. The van der Waals surface area contributed by atoms with Gasteiger partial charge in [-0.05, 0) is 18.9 Å². The first-order chi connectivity index (χ1) is 13.9. The molecule has 2 aromatic heterocycles. The summed E-state index contributed by atoms with van der Waals surface area (Å²) in [5.74, 6) is -1.90. The van der Waals surface area contributed by atoms with E-state index in [4.69, 9.17) is 23.2 Å². The number of alkyl halides is 2. The lowest BCUT2D eigenvalue weighted by Crippen LogP contribution is -2.56. The molecule has 0 bridgehead atoms. The molecule has 1 atom stereocenters. The number of benzene rings is 1. The van der Waals surface area contributed by atoms with E-state index in [-0.39, 0.29) is 12.8 Å². The van der Waals surface area contributed by atoms with Crippen LogP contribution in [-0.2, 0) is 0 Å².